The van der Waals surface area contributed by atoms with Crippen molar-refractivity contribution >= 4 is 5.69 Å². The third-order valence-electron chi connectivity index (χ3n) is 4.97. The van der Waals surface area contributed by atoms with Crippen molar-refractivity contribution in [1.82, 2.24) is 4.98 Å². The Morgan fingerprint density at radius 2 is 1.62 bits per heavy atom. The summed E-state index contributed by atoms with van der Waals surface area (Å²) in [7, 11) is 0. The standard InChI is InChI=1S/C23H21N3/c24-17-21-20(22-11-5-6-12-25-22)15-19(18-9-3-1-4-10-18)16-23(21)26-13-7-2-8-14-26/h1,3-6,9-12,15-16H,2,7-8,13-14H2. The fourth-order valence-corrected chi connectivity index (χ4v) is 3.65. The van der Waals surface area contributed by atoms with E-state index in [4.69, 9.17) is 0 Å². The summed E-state index contributed by atoms with van der Waals surface area (Å²) in [6.45, 7) is 2.02. The van der Waals surface area contributed by atoms with Crippen molar-refractivity contribution in [2.24, 2.45) is 0 Å². The highest BCUT2D eigenvalue weighted by atomic mass is 15.1. The molecular formula is C23H21N3. The van der Waals surface area contributed by atoms with Gasteiger partial charge in [-0.05, 0) is 54.7 Å². The number of pyridine rings is 1. The average molecular weight is 339 g/mol. The lowest BCUT2D eigenvalue weighted by atomic mass is 9.94. The smallest absolute Gasteiger partial charge is 0.102 e. The van der Waals surface area contributed by atoms with Crippen LogP contribution in [0.1, 0.15) is 24.8 Å². The van der Waals surface area contributed by atoms with Crippen molar-refractivity contribution in [3.63, 3.8) is 0 Å². The minimum atomic E-state index is 0.727. The van der Waals surface area contributed by atoms with E-state index in [0.717, 1.165) is 46.7 Å². The lowest BCUT2D eigenvalue weighted by Gasteiger charge is -2.30. The van der Waals surface area contributed by atoms with Crippen molar-refractivity contribution < 1.29 is 0 Å². The number of anilines is 1. The third kappa shape index (κ3) is 3.19. The summed E-state index contributed by atoms with van der Waals surface area (Å²) < 4.78 is 0. The first-order valence-electron chi connectivity index (χ1n) is 9.17. The number of nitrogens with zero attached hydrogens (tertiary/aromatic N) is 3. The fourth-order valence-electron chi connectivity index (χ4n) is 3.65. The van der Waals surface area contributed by atoms with Gasteiger partial charge >= 0.3 is 0 Å². The van der Waals surface area contributed by atoms with Gasteiger partial charge in [0, 0.05) is 24.8 Å². The summed E-state index contributed by atoms with van der Waals surface area (Å²) in [4.78, 5) is 6.87. The van der Waals surface area contributed by atoms with Crippen LogP contribution in [0.25, 0.3) is 22.4 Å². The van der Waals surface area contributed by atoms with Gasteiger partial charge in [0.25, 0.3) is 0 Å². The number of hydrogen-bond donors (Lipinski definition) is 0. The van der Waals surface area contributed by atoms with E-state index in [1.54, 1.807) is 6.20 Å². The normalized spacial score (nSPS) is 14.0. The summed E-state index contributed by atoms with van der Waals surface area (Å²) in [6.07, 6.45) is 5.41. The largest absolute Gasteiger partial charge is 0.370 e. The molecule has 0 saturated carbocycles. The summed E-state index contributed by atoms with van der Waals surface area (Å²) in [5.74, 6) is 0. The Bertz CT molecular complexity index is 921. The molecule has 1 saturated heterocycles. The van der Waals surface area contributed by atoms with Gasteiger partial charge in [0.05, 0.1) is 16.9 Å². The van der Waals surface area contributed by atoms with Gasteiger partial charge in [0.1, 0.15) is 6.07 Å². The first kappa shape index (κ1) is 16.4. The summed E-state index contributed by atoms with van der Waals surface area (Å²) in [5, 5.41) is 9.95. The van der Waals surface area contributed by atoms with E-state index in [9.17, 15) is 5.26 Å². The molecule has 0 amide bonds. The quantitative estimate of drug-likeness (QED) is 0.652. The molecule has 0 unspecified atom stereocenters. The van der Waals surface area contributed by atoms with E-state index in [0.29, 0.717) is 0 Å². The molecular weight excluding hydrogens is 318 g/mol. The number of hydrogen-bond acceptors (Lipinski definition) is 3. The van der Waals surface area contributed by atoms with Crippen LogP contribution in [0.3, 0.4) is 0 Å². The maximum absolute atomic E-state index is 9.95. The molecule has 3 heteroatoms. The topological polar surface area (TPSA) is 39.9 Å². The SMILES string of the molecule is N#Cc1c(-c2ccccn2)cc(-c2ccccc2)cc1N1CCCCC1. The summed E-state index contributed by atoms with van der Waals surface area (Å²) in [6, 6.07) is 22.9. The lowest BCUT2D eigenvalue weighted by molar-refractivity contribution is 0.577. The molecule has 1 aliphatic rings. The van der Waals surface area contributed by atoms with Crippen molar-refractivity contribution in [3.8, 4) is 28.5 Å². The third-order valence-corrected chi connectivity index (χ3v) is 4.97. The highest BCUT2D eigenvalue weighted by molar-refractivity contribution is 5.84. The molecule has 1 aliphatic heterocycles. The van der Waals surface area contributed by atoms with Gasteiger partial charge in [0.2, 0.25) is 0 Å². The average Bonchev–Trinajstić information content (AvgIpc) is 2.74. The van der Waals surface area contributed by atoms with Crippen LogP contribution >= 0.6 is 0 Å². The van der Waals surface area contributed by atoms with Gasteiger partial charge < -0.3 is 4.90 Å². The first-order valence-corrected chi connectivity index (χ1v) is 9.17. The van der Waals surface area contributed by atoms with E-state index in [2.05, 4.69) is 52.4 Å². The molecule has 1 aromatic heterocycles. The Kier molecular flexibility index (Phi) is 4.66. The van der Waals surface area contributed by atoms with Crippen molar-refractivity contribution in [3.05, 3.63) is 72.4 Å². The molecule has 0 bridgehead atoms. The van der Waals surface area contributed by atoms with Crippen LogP contribution in [0.2, 0.25) is 0 Å². The van der Waals surface area contributed by atoms with Crippen LogP contribution in [-0.4, -0.2) is 18.1 Å². The van der Waals surface area contributed by atoms with E-state index in [1.165, 1.54) is 19.3 Å². The minimum Gasteiger partial charge on any atom is -0.370 e. The molecule has 2 heterocycles. The molecule has 2 aromatic carbocycles. The second-order valence-corrected chi connectivity index (χ2v) is 6.66. The summed E-state index contributed by atoms with van der Waals surface area (Å²) in [5.41, 5.74) is 5.81. The predicted octanol–water partition coefficient (Wildman–Crippen LogP) is 5.28. The van der Waals surface area contributed by atoms with E-state index < -0.39 is 0 Å². The zero-order valence-corrected chi connectivity index (χ0v) is 14.7. The molecule has 0 N–H and O–H groups in total. The zero-order valence-electron chi connectivity index (χ0n) is 14.7. The monoisotopic (exact) mass is 339 g/mol. The van der Waals surface area contributed by atoms with E-state index in [-0.39, 0.29) is 0 Å². The van der Waals surface area contributed by atoms with Gasteiger partial charge in [-0.15, -0.1) is 0 Å². The molecule has 0 aliphatic carbocycles. The highest BCUT2D eigenvalue weighted by Gasteiger charge is 2.20. The predicted molar refractivity (Wildman–Crippen MR) is 106 cm³/mol. The Morgan fingerprint density at radius 1 is 0.846 bits per heavy atom. The van der Waals surface area contributed by atoms with Crippen LogP contribution in [0.15, 0.2) is 66.9 Å². The van der Waals surface area contributed by atoms with E-state index in [1.807, 2.05) is 24.3 Å². The number of rotatable bonds is 3. The molecule has 26 heavy (non-hydrogen) atoms. The molecule has 1 fully saturated rings. The van der Waals surface area contributed by atoms with Crippen molar-refractivity contribution in [2.75, 3.05) is 18.0 Å². The Balaban J connectivity index is 1.93. The Labute approximate surface area is 154 Å². The van der Waals surface area contributed by atoms with Gasteiger partial charge in [-0.25, -0.2) is 0 Å². The van der Waals surface area contributed by atoms with Crippen LogP contribution in [0.5, 0.6) is 0 Å². The van der Waals surface area contributed by atoms with Crippen LogP contribution < -0.4 is 4.90 Å². The number of piperidine rings is 1. The first-order chi connectivity index (χ1) is 12.9. The minimum absolute atomic E-state index is 0.727. The highest BCUT2D eigenvalue weighted by Crippen LogP contribution is 2.36. The molecule has 0 atom stereocenters. The van der Waals surface area contributed by atoms with Crippen molar-refractivity contribution in [1.29, 1.82) is 5.26 Å². The molecule has 4 rings (SSSR count). The van der Waals surface area contributed by atoms with Crippen LogP contribution in [-0.2, 0) is 0 Å². The van der Waals surface area contributed by atoms with Gasteiger partial charge in [0.15, 0.2) is 0 Å². The molecule has 128 valence electrons. The van der Waals surface area contributed by atoms with Gasteiger partial charge in [-0.1, -0.05) is 36.4 Å². The number of benzene rings is 2. The number of nitriles is 1. The molecule has 0 spiro atoms. The Hall–Kier alpha value is -3.12. The van der Waals surface area contributed by atoms with Crippen molar-refractivity contribution in [2.45, 2.75) is 19.3 Å². The number of aromatic nitrogens is 1. The lowest BCUT2D eigenvalue weighted by Crippen LogP contribution is -2.30. The maximum Gasteiger partial charge on any atom is 0.102 e. The second-order valence-electron chi connectivity index (χ2n) is 6.66. The zero-order chi connectivity index (χ0) is 17.8. The molecule has 3 nitrogen and oxygen atoms in total. The fraction of sp³-hybridized carbons (Fsp3) is 0.217. The van der Waals surface area contributed by atoms with Gasteiger partial charge in [-0.3, -0.25) is 4.98 Å². The van der Waals surface area contributed by atoms with Crippen LogP contribution in [0, 0.1) is 11.3 Å². The second kappa shape index (κ2) is 7.41. The van der Waals surface area contributed by atoms with E-state index >= 15 is 0 Å². The summed E-state index contributed by atoms with van der Waals surface area (Å²) >= 11 is 0. The molecule has 0 radical (unpaired) electrons. The van der Waals surface area contributed by atoms with Gasteiger partial charge in [-0.2, -0.15) is 5.26 Å². The van der Waals surface area contributed by atoms with Crippen LogP contribution in [0.4, 0.5) is 5.69 Å². The Morgan fingerprint density at radius 3 is 2.31 bits per heavy atom. The maximum atomic E-state index is 9.95. The molecule has 3 aromatic rings.